The molecule has 0 spiro atoms. The predicted molar refractivity (Wildman–Crippen MR) is 89.2 cm³/mol. The second kappa shape index (κ2) is 6.16. The minimum Gasteiger partial charge on any atom is -0.268 e. The van der Waals surface area contributed by atoms with E-state index in [4.69, 9.17) is 11.6 Å². The molecule has 0 saturated heterocycles. The average Bonchev–Trinajstić information content (AvgIpc) is 2.50. The van der Waals surface area contributed by atoms with E-state index in [1.54, 1.807) is 12.1 Å². The Labute approximate surface area is 133 Å². The lowest BCUT2D eigenvalue weighted by molar-refractivity contribution is 0.642. The minimum absolute atomic E-state index is 0.112. The topological polar surface area (TPSA) is 34.9 Å². The Morgan fingerprint density at radius 2 is 1.82 bits per heavy atom. The first-order valence-corrected chi connectivity index (χ1v) is 7.39. The van der Waals surface area contributed by atoms with Crippen LogP contribution in [0.2, 0.25) is 5.02 Å². The number of aromatic nitrogens is 2. The van der Waals surface area contributed by atoms with Gasteiger partial charge in [0.25, 0.3) is 5.56 Å². The van der Waals surface area contributed by atoms with Gasteiger partial charge >= 0.3 is 0 Å². The maximum absolute atomic E-state index is 12.0. The molecule has 2 aromatic carbocycles. The Morgan fingerprint density at radius 1 is 1.05 bits per heavy atom. The van der Waals surface area contributed by atoms with Gasteiger partial charge in [-0.05, 0) is 30.7 Å². The molecule has 3 rings (SSSR count). The summed E-state index contributed by atoms with van der Waals surface area (Å²) in [7, 11) is 0. The summed E-state index contributed by atoms with van der Waals surface area (Å²) >= 11 is 5.90. The largest absolute Gasteiger partial charge is 0.268 e. The highest BCUT2D eigenvalue weighted by Gasteiger charge is 2.04. The van der Waals surface area contributed by atoms with Gasteiger partial charge in [-0.25, -0.2) is 4.68 Å². The lowest BCUT2D eigenvalue weighted by atomic mass is 10.1. The van der Waals surface area contributed by atoms with Crippen LogP contribution in [0.1, 0.15) is 11.1 Å². The molecule has 0 aliphatic rings. The molecule has 0 radical (unpaired) electrons. The van der Waals surface area contributed by atoms with Crippen LogP contribution in [-0.4, -0.2) is 9.78 Å². The van der Waals surface area contributed by atoms with E-state index >= 15 is 0 Å². The molecular formula is C18H15ClN2O. The molecule has 22 heavy (non-hydrogen) atoms. The minimum atomic E-state index is -0.112. The van der Waals surface area contributed by atoms with Gasteiger partial charge in [-0.3, -0.25) is 4.79 Å². The number of hydrogen-bond donors (Lipinski definition) is 0. The van der Waals surface area contributed by atoms with E-state index in [1.807, 2.05) is 49.4 Å². The van der Waals surface area contributed by atoms with Crippen molar-refractivity contribution in [3.05, 3.63) is 87.2 Å². The summed E-state index contributed by atoms with van der Waals surface area (Å²) < 4.78 is 1.48. The normalized spacial score (nSPS) is 10.6. The zero-order valence-corrected chi connectivity index (χ0v) is 12.9. The molecule has 0 fully saturated rings. The molecule has 0 N–H and O–H groups in total. The highest BCUT2D eigenvalue weighted by Crippen LogP contribution is 2.18. The molecular weight excluding hydrogens is 296 g/mol. The van der Waals surface area contributed by atoms with Gasteiger partial charge in [0.2, 0.25) is 0 Å². The average molecular weight is 311 g/mol. The van der Waals surface area contributed by atoms with Gasteiger partial charge < -0.3 is 0 Å². The summed E-state index contributed by atoms with van der Waals surface area (Å²) in [4.78, 5) is 12.0. The van der Waals surface area contributed by atoms with Gasteiger partial charge in [0, 0.05) is 16.7 Å². The molecule has 3 nitrogen and oxygen atoms in total. The molecule has 1 aromatic heterocycles. The third-order valence-electron chi connectivity index (χ3n) is 3.42. The highest BCUT2D eigenvalue weighted by molar-refractivity contribution is 6.30. The second-order valence-electron chi connectivity index (χ2n) is 5.21. The van der Waals surface area contributed by atoms with Crippen molar-refractivity contribution >= 4 is 11.6 Å². The van der Waals surface area contributed by atoms with E-state index in [2.05, 4.69) is 11.2 Å². The van der Waals surface area contributed by atoms with Gasteiger partial charge in [-0.15, -0.1) is 0 Å². The maximum Gasteiger partial charge on any atom is 0.267 e. The highest BCUT2D eigenvalue weighted by atomic mass is 35.5. The van der Waals surface area contributed by atoms with Crippen molar-refractivity contribution in [2.24, 2.45) is 0 Å². The maximum atomic E-state index is 12.0. The molecule has 1 heterocycles. The van der Waals surface area contributed by atoms with E-state index in [9.17, 15) is 4.79 Å². The number of rotatable bonds is 3. The second-order valence-corrected chi connectivity index (χ2v) is 5.65. The fourth-order valence-corrected chi connectivity index (χ4v) is 2.45. The molecule has 0 unspecified atom stereocenters. The number of halogens is 1. The third kappa shape index (κ3) is 3.26. The van der Waals surface area contributed by atoms with Gasteiger partial charge in [-0.2, -0.15) is 5.10 Å². The first-order valence-electron chi connectivity index (χ1n) is 7.01. The van der Waals surface area contributed by atoms with Gasteiger partial charge in [0.1, 0.15) is 0 Å². The Kier molecular flexibility index (Phi) is 4.07. The van der Waals surface area contributed by atoms with E-state index in [0.29, 0.717) is 11.6 Å². The quantitative estimate of drug-likeness (QED) is 0.735. The van der Waals surface area contributed by atoms with Crippen molar-refractivity contribution in [2.75, 3.05) is 0 Å². The monoisotopic (exact) mass is 310 g/mol. The van der Waals surface area contributed by atoms with Crippen LogP contribution in [0.5, 0.6) is 0 Å². The molecule has 0 atom stereocenters. The smallest absolute Gasteiger partial charge is 0.267 e. The molecule has 0 saturated carbocycles. The zero-order chi connectivity index (χ0) is 15.5. The summed E-state index contributed by atoms with van der Waals surface area (Å²) in [6.07, 6.45) is 0. The first kappa shape index (κ1) is 14.5. The standard InChI is InChI=1S/C18H15ClN2O/c1-13-3-2-4-14(11-13)12-21-18(22)10-9-17(20-21)15-5-7-16(19)8-6-15/h2-11H,12H2,1H3. The molecule has 0 amide bonds. The van der Waals surface area contributed by atoms with Crippen LogP contribution in [0.3, 0.4) is 0 Å². The van der Waals surface area contributed by atoms with Crippen LogP contribution in [0.4, 0.5) is 0 Å². The molecule has 110 valence electrons. The summed E-state index contributed by atoms with van der Waals surface area (Å²) in [5.41, 5.74) is 3.80. The summed E-state index contributed by atoms with van der Waals surface area (Å²) in [6, 6.07) is 18.8. The third-order valence-corrected chi connectivity index (χ3v) is 3.67. The van der Waals surface area contributed by atoms with Crippen molar-refractivity contribution < 1.29 is 0 Å². The van der Waals surface area contributed by atoms with Crippen molar-refractivity contribution in [2.45, 2.75) is 13.5 Å². The Hall–Kier alpha value is -2.39. The fraction of sp³-hybridized carbons (Fsp3) is 0.111. The molecule has 3 aromatic rings. The molecule has 0 aliphatic heterocycles. The van der Waals surface area contributed by atoms with Crippen LogP contribution in [0.25, 0.3) is 11.3 Å². The van der Waals surface area contributed by atoms with E-state index in [1.165, 1.54) is 10.2 Å². The van der Waals surface area contributed by atoms with E-state index in [0.717, 1.165) is 16.8 Å². The zero-order valence-electron chi connectivity index (χ0n) is 12.2. The number of benzene rings is 2. The van der Waals surface area contributed by atoms with Crippen LogP contribution in [0.15, 0.2) is 65.5 Å². The fourth-order valence-electron chi connectivity index (χ4n) is 2.32. The molecule has 0 aliphatic carbocycles. The Bertz CT molecular complexity index is 853. The SMILES string of the molecule is Cc1cccc(Cn2nc(-c3ccc(Cl)cc3)ccc2=O)c1. The van der Waals surface area contributed by atoms with Crippen LogP contribution >= 0.6 is 11.6 Å². The first-order chi connectivity index (χ1) is 10.6. The van der Waals surface area contributed by atoms with Crippen molar-refractivity contribution in [3.63, 3.8) is 0 Å². The lowest BCUT2D eigenvalue weighted by Gasteiger charge is -2.08. The van der Waals surface area contributed by atoms with Crippen molar-refractivity contribution in [1.82, 2.24) is 9.78 Å². The van der Waals surface area contributed by atoms with Crippen molar-refractivity contribution in [3.8, 4) is 11.3 Å². The summed E-state index contributed by atoms with van der Waals surface area (Å²) in [5, 5.41) is 5.14. The lowest BCUT2D eigenvalue weighted by Crippen LogP contribution is -2.22. The van der Waals surface area contributed by atoms with E-state index < -0.39 is 0 Å². The summed E-state index contributed by atoms with van der Waals surface area (Å²) in [6.45, 7) is 2.49. The Morgan fingerprint density at radius 3 is 2.55 bits per heavy atom. The van der Waals surface area contributed by atoms with Crippen LogP contribution in [0, 0.1) is 6.92 Å². The van der Waals surface area contributed by atoms with Crippen LogP contribution < -0.4 is 5.56 Å². The summed E-state index contributed by atoms with van der Waals surface area (Å²) in [5.74, 6) is 0. The molecule has 0 bridgehead atoms. The number of hydrogen-bond acceptors (Lipinski definition) is 2. The number of nitrogens with zero attached hydrogens (tertiary/aromatic N) is 2. The molecule has 4 heteroatoms. The van der Waals surface area contributed by atoms with E-state index in [-0.39, 0.29) is 5.56 Å². The Balaban J connectivity index is 1.96. The predicted octanol–water partition coefficient (Wildman–Crippen LogP) is 3.92. The number of aryl methyl sites for hydroxylation is 1. The van der Waals surface area contributed by atoms with Gasteiger partial charge in [-0.1, -0.05) is 53.6 Å². The van der Waals surface area contributed by atoms with Gasteiger partial charge in [0.05, 0.1) is 12.2 Å². The van der Waals surface area contributed by atoms with Gasteiger partial charge in [0.15, 0.2) is 0 Å². The van der Waals surface area contributed by atoms with Crippen LogP contribution in [-0.2, 0) is 6.54 Å². The van der Waals surface area contributed by atoms with Crippen molar-refractivity contribution in [1.29, 1.82) is 0 Å².